The van der Waals surface area contributed by atoms with Crippen LogP contribution in [0.4, 0.5) is 5.82 Å². The largest absolute Gasteiger partial charge is 0.493 e. The Hall–Kier alpha value is -3.09. The van der Waals surface area contributed by atoms with Crippen molar-refractivity contribution in [3.8, 4) is 11.5 Å². The van der Waals surface area contributed by atoms with E-state index in [1.54, 1.807) is 30.5 Å². The highest BCUT2D eigenvalue weighted by atomic mass is 16.5. The van der Waals surface area contributed by atoms with Crippen molar-refractivity contribution in [1.29, 1.82) is 0 Å². The van der Waals surface area contributed by atoms with E-state index in [2.05, 4.69) is 9.97 Å². The van der Waals surface area contributed by atoms with Gasteiger partial charge in [0.1, 0.15) is 11.8 Å². The van der Waals surface area contributed by atoms with Gasteiger partial charge in [0.25, 0.3) is 5.91 Å². The number of anilines is 1. The van der Waals surface area contributed by atoms with Crippen molar-refractivity contribution >= 4 is 22.8 Å². The summed E-state index contributed by atoms with van der Waals surface area (Å²) in [7, 11) is 3.06. The molecule has 0 saturated carbocycles. The Morgan fingerprint density at radius 1 is 1.14 bits per heavy atom. The van der Waals surface area contributed by atoms with E-state index in [0.29, 0.717) is 28.1 Å². The van der Waals surface area contributed by atoms with Crippen LogP contribution >= 0.6 is 0 Å². The van der Waals surface area contributed by atoms with Gasteiger partial charge in [-0.3, -0.25) is 9.36 Å². The van der Waals surface area contributed by atoms with E-state index in [1.807, 2.05) is 0 Å². The van der Waals surface area contributed by atoms with Gasteiger partial charge < -0.3 is 15.2 Å². The first kappa shape index (κ1) is 13.9. The second kappa shape index (κ2) is 5.36. The van der Waals surface area contributed by atoms with E-state index < -0.39 is 0 Å². The third-order valence-corrected chi connectivity index (χ3v) is 3.35. The number of hydrogen-bond donors (Lipinski definition) is 1. The summed E-state index contributed by atoms with van der Waals surface area (Å²) in [5.41, 5.74) is 7.39. The van der Waals surface area contributed by atoms with Gasteiger partial charge in [-0.15, -0.1) is 0 Å². The zero-order valence-electron chi connectivity index (χ0n) is 12.1. The molecule has 0 aliphatic carbocycles. The summed E-state index contributed by atoms with van der Waals surface area (Å²) in [5, 5.41) is 0. The van der Waals surface area contributed by atoms with Gasteiger partial charge >= 0.3 is 0 Å². The van der Waals surface area contributed by atoms with E-state index in [9.17, 15) is 4.79 Å². The lowest BCUT2D eigenvalue weighted by molar-refractivity contribution is 0.0964. The second-order valence-corrected chi connectivity index (χ2v) is 4.55. The molecule has 3 rings (SSSR count). The Balaban J connectivity index is 2.10. The predicted octanol–water partition coefficient (Wildman–Crippen LogP) is 1.72. The number of benzene rings is 1. The summed E-state index contributed by atoms with van der Waals surface area (Å²) >= 11 is 0. The molecule has 0 atom stereocenters. The number of carbonyl (C=O) groups excluding carboxylic acids is 1. The van der Waals surface area contributed by atoms with Crippen LogP contribution in [0.5, 0.6) is 11.5 Å². The second-order valence-electron chi connectivity index (χ2n) is 4.55. The molecule has 3 aromatic rings. The highest BCUT2D eigenvalue weighted by molar-refractivity contribution is 6.03. The van der Waals surface area contributed by atoms with Gasteiger partial charge in [0.05, 0.1) is 19.7 Å². The summed E-state index contributed by atoms with van der Waals surface area (Å²) in [6, 6.07) is 6.67. The summed E-state index contributed by atoms with van der Waals surface area (Å²) in [6.07, 6.45) is 2.98. The van der Waals surface area contributed by atoms with Crippen LogP contribution in [0.25, 0.3) is 11.0 Å². The number of nitrogens with zero attached hydrogens (tertiary/aromatic N) is 3. The monoisotopic (exact) mass is 298 g/mol. The molecule has 7 nitrogen and oxygen atoms in total. The molecule has 0 amide bonds. The van der Waals surface area contributed by atoms with Gasteiger partial charge in [-0.05, 0) is 24.3 Å². The number of hydrogen-bond acceptors (Lipinski definition) is 6. The SMILES string of the molecule is COc1ccc(C(=O)n2ccc3ncnc(N)c32)cc1OC. The number of aromatic nitrogens is 3. The molecular weight excluding hydrogens is 284 g/mol. The Morgan fingerprint density at radius 3 is 2.64 bits per heavy atom. The molecule has 0 saturated heterocycles. The Morgan fingerprint density at radius 2 is 1.91 bits per heavy atom. The van der Waals surface area contributed by atoms with Crippen LogP contribution in [0, 0.1) is 0 Å². The summed E-state index contributed by atoms with van der Waals surface area (Å²) < 4.78 is 11.8. The van der Waals surface area contributed by atoms with Gasteiger partial charge in [-0.1, -0.05) is 0 Å². The molecule has 7 heteroatoms. The van der Waals surface area contributed by atoms with E-state index in [0.717, 1.165) is 0 Å². The molecule has 2 heterocycles. The minimum absolute atomic E-state index is 0.252. The first-order valence-electron chi connectivity index (χ1n) is 6.50. The predicted molar refractivity (Wildman–Crippen MR) is 81.2 cm³/mol. The molecule has 0 radical (unpaired) electrons. The van der Waals surface area contributed by atoms with Crippen molar-refractivity contribution in [3.05, 3.63) is 42.4 Å². The number of nitrogens with two attached hydrogens (primary N) is 1. The highest BCUT2D eigenvalue weighted by Gasteiger charge is 2.16. The van der Waals surface area contributed by atoms with E-state index >= 15 is 0 Å². The average Bonchev–Trinajstić information content (AvgIpc) is 2.99. The maximum atomic E-state index is 12.7. The van der Waals surface area contributed by atoms with Crippen LogP contribution in [0.15, 0.2) is 36.8 Å². The highest BCUT2D eigenvalue weighted by Crippen LogP contribution is 2.28. The number of carbonyl (C=O) groups is 1. The zero-order chi connectivity index (χ0) is 15.7. The lowest BCUT2D eigenvalue weighted by Gasteiger charge is -2.10. The van der Waals surface area contributed by atoms with Crippen molar-refractivity contribution in [2.45, 2.75) is 0 Å². The summed E-state index contributed by atoms with van der Waals surface area (Å²) in [6.45, 7) is 0. The first-order chi connectivity index (χ1) is 10.7. The fourth-order valence-electron chi connectivity index (χ4n) is 2.27. The normalized spacial score (nSPS) is 10.6. The van der Waals surface area contributed by atoms with Gasteiger partial charge in [0, 0.05) is 11.8 Å². The third kappa shape index (κ3) is 2.12. The van der Waals surface area contributed by atoms with E-state index in [1.165, 1.54) is 25.1 Å². The van der Waals surface area contributed by atoms with E-state index in [4.69, 9.17) is 15.2 Å². The molecule has 0 bridgehead atoms. The topological polar surface area (TPSA) is 92.3 Å². The van der Waals surface area contributed by atoms with Crippen LogP contribution in [-0.4, -0.2) is 34.7 Å². The van der Waals surface area contributed by atoms with Crippen molar-refractivity contribution in [3.63, 3.8) is 0 Å². The molecule has 0 aliphatic heterocycles. The maximum absolute atomic E-state index is 12.7. The molecule has 1 aromatic carbocycles. The Labute approximate surface area is 126 Å². The van der Waals surface area contributed by atoms with Crippen molar-refractivity contribution in [1.82, 2.24) is 14.5 Å². The maximum Gasteiger partial charge on any atom is 0.262 e. The molecule has 2 N–H and O–H groups in total. The smallest absolute Gasteiger partial charge is 0.262 e. The molecule has 0 unspecified atom stereocenters. The zero-order valence-corrected chi connectivity index (χ0v) is 12.1. The molecular formula is C15H14N4O3. The van der Waals surface area contributed by atoms with Crippen LogP contribution in [0.3, 0.4) is 0 Å². The molecule has 0 spiro atoms. The number of ether oxygens (including phenoxy) is 2. The molecule has 0 fully saturated rings. The van der Waals surface area contributed by atoms with Crippen molar-refractivity contribution in [2.75, 3.05) is 20.0 Å². The van der Waals surface area contributed by atoms with Gasteiger partial charge in [0.15, 0.2) is 17.3 Å². The minimum atomic E-state index is -0.252. The molecule has 0 aliphatic rings. The van der Waals surface area contributed by atoms with Crippen LogP contribution in [0.1, 0.15) is 10.4 Å². The molecule has 2 aromatic heterocycles. The first-order valence-corrected chi connectivity index (χ1v) is 6.50. The number of nitrogen functional groups attached to an aromatic ring is 1. The van der Waals surface area contributed by atoms with Crippen LogP contribution in [0.2, 0.25) is 0 Å². The molecule has 112 valence electrons. The minimum Gasteiger partial charge on any atom is -0.493 e. The van der Waals surface area contributed by atoms with E-state index in [-0.39, 0.29) is 11.7 Å². The van der Waals surface area contributed by atoms with Crippen LogP contribution < -0.4 is 15.2 Å². The fraction of sp³-hybridized carbons (Fsp3) is 0.133. The summed E-state index contributed by atoms with van der Waals surface area (Å²) in [5.74, 6) is 1.04. The van der Waals surface area contributed by atoms with Gasteiger partial charge in [-0.25, -0.2) is 9.97 Å². The van der Waals surface area contributed by atoms with Crippen molar-refractivity contribution in [2.24, 2.45) is 0 Å². The fourth-order valence-corrected chi connectivity index (χ4v) is 2.27. The summed E-state index contributed by atoms with van der Waals surface area (Å²) in [4.78, 5) is 20.7. The van der Waals surface area contributed by atoms with Gasteiger partial charge in [-0.2, -0.15) is 0 Å². The average molecular weight is 298 g/mol. The van der Waals surface area contributed by atoms with Crippen molar-refractivity contribution < 1.29 is 14.3 Å². The number of methoxy groups -OCH3 is 2. The van der Waals surface area contributed by atoms with Crippen LogP contribution in [-0.2, 0) is 0 Å². The lowest BCUT2D eigenvalue weighted by atomic mass is 10.2. The Bertz CT molecular complexity index is 857. The number of fused-ring (bicyclic) bond motifs is 1. The quantitative estimate of drug-likeness (QED) is 0.791. The Kier molecular flexibility index (Phi) is 3.38. The van der Waals surface area contributed by atoms with Gasteiger partial charge in [0.2, 0.25) is 0 Å². The lowest BCUT2D eigenvalue weighted by Crippen LogP contribution is -2.12. The number of rotatable bonds is 3. The molecule has 22 heavy (non-hydrogen) atoms. The standard InChI is InChI=1S/C15H14N4O3/c1-21-11-4-3-9(7-12(11)22-2)15(20)19-6-5-10-13(19)14(16)18-8-17-10/h3-8H,1-2H3,(H2,16,17,18). The third-order valence-electron chi connectivity index (χ3n) is 3.35.